The Kier molecular flexibility index (Phi) is 4.56. The maximum Gasteiger partial charge on any atom is 0.189 e. The Hall–Kier alpha value is -1.09. The Morgan fingerprint density at radius 1 is 1.60 bits per heavy atom. The molecule has 0 aromatic heterocycles. The van der Waals surface area contributed by atoms with E-state index in [4.69, 9.17) is 4.74 Å². The average Bonchev–Trinajstić information content (AvgIpc) is 2.26. The van der Waals surface area contributed by atoms with Gasteiger partial charge in [0.1, 0.15) is 5.75 Å². The van der Waals surface area contributed by atoms with Crippen molar-refractivity contribution in [2.45, 2.75) is 13.3 Å². The normalized spacial score (nSPS) is 9.73. The maximum absolute atomic E-state index is 11.5. The molecule has 1 aromatic rings. The van der Waals surface area contributed by atoms with Gasteiger partial charge in [-0.1, -0.05) is 29.4 Å². The predicted molar refractivity (Wildman–Crippen MR) is 64.5 cm³/mol. The topological polar surface area (TPSA) is 26.3 Å². The molecular formula is C12H13BrO2. The van der Waals surface area contributed by atoms with Crippen LogP contribution in [0.3, 0.4) is 0 Å². The SMILES string of the molecule is C=CC(=O)c1cc(Br)ccc1OCCC. The van der Waals surface area contributed by atoms with Gasteiger partial charge in [0, 0.05) is 4.47 Å². The minimum Gasteiger partial charge on any atom is -0.493 e. The first-order valence-electron chi connectivity index (χ1n) is 4.78. The zero-order valence-corrected chi connectivity index (χ0v) is 10.2. The summed E-state index contributed by atoms with van der Waals surface area (Å²) < 4.78 is 6.33. The van der Waals surface area contributed by atoms with Gasteiger partial charge in [0.25, 0.3) is 0 Å². The van der Waals surface area contributed by atoms with E-state index in [2.05, 4.69) is 22.5 Å². The van der Waals surface area contributed by atoms with Crippen molar-refractivity contribution in [3.63, 3.8) is 0 Å². The minimum absolute atomic E-state index is 0.123. The van der Waals surface area contributed by atoms with E-state index in [1.54, 1.807) is 12.1 Å². The van der Waals surface area contributed by atoms with E-state index in [0.29, 0.717) is 17.9 Å². The van der Waals surface area contributed by atoms with Crippen LogP contribution in [0.5, 0.6) is 5.75 Å². The van der Waals surface area contributed by atoms with Crippen molar-refractivity contribution in [3.05, 3.63) is 40.9 Å². The van der Waals surface area contributed by atoms with Crippen LogP contribution in [-0.2, 0) is 0 Å². The Morgan fingerprint density at radius 2 is 2.33 bits per heavy atom. The monoisotopic (exact) mass is 268 g/mol. The Balaban J connectivity index is 3.02. The lowest BCUT2D eigenvalue weighted by Gasteiger charge is -2.08. The van der Waals surface area contributed by atoms with Gasteiger partial charge in [-0.15, -0.1) is 0 Å². The number of ether oxygens (including phenoxy) is 1. The molecule has 0 aliphatic carbocycles. The minimum atomic E-state index is -0.123. The Bertz CT molecular complexity index is 372. The summed E-state index contributed by atoms with van der Waals surface area (Å²) in [7, 11) is 0. The largest absolute Gasteiger partial charge is 0.493 e. The molecular weight excluding hydrogens is 256 g/mol. The summed E-state index contributed by atoms with van der Waals surface area (Å²) in [6.45, 7) is 6.10. The molecule has 0 heterocycles. The molecule has 0 radical (unpaired) electrons. The van der Waals surface area contributed by atoms with Crippen molar-refractivity contribution in [2.75, 3.05) is 6.61 Å². The van der Waals surface area contributed by atoms with Crippen molar-refractivity contribution >= 4 is 21.7 Å². The summed E-state index contributed by atoms with van der Waals surface area (Å²) in [6, 6.07) is 5.39. The molecule has 2 nitrogen and oxygen atoms in total. The summed E-state index contributed by atoms with van der Waals surface area (Å²) >= 11 is 3.32. The second kappa shape index (κ2) is 5.71. The van der Waals surface area contributed by atoms with Crippen molar-refractivity contribution < 1.29 is 9.53 Å². The van der Waals surface area contributed by atoms with Crippen LogP contribution in [0.15, 0.2) is 35.3 Å². The molecule has 0 aliphatic heterocycles. The van der Waals surface area contributed by atoms with Gasteiger partial charge in [-0.2, -0.15) is 0 Å². The van der Waals surface area contributed by atoms with Gasteiger partial charge in [-0.25, -0.2) is 0 Å². The smallest absolute Gasteiger partial charge is 0.189 e. The molecule has 0 N–H and O–H groups in total. The van der Waals surface area contributed by atoms with Crippen LogP contribution in [0.2, 0.25) is 0 Å². The first-order chi connectivity index (χ1) is 7.19. The van der Waals surface area contributed by atoms with Crippen molar-refractivity contribution in [1.29, 1.82) is 0 Å². The quantitative estimate of drug-likeness (QED) is 0.603. The van der Waals surface area contributed by atoms with Crippen molar-refractivity contribution in [3.8, 4) is 5.75 Å². The maximum atomic E-state index is 11.5. The summed E-state index contributed by atoms with van der Waals surface area (Å²) in [5, 5.41) is 0. The number of halogens is 1. The number of hydrogen-bond donors (Lipinski definition) is 0. The molecule has 0 atom stereocenters. The van der Waals surface area contributed by atoms with E-state index in [9.17, 15) is 4.79 Å². The molecule has 3 heteroatoms. The van der Waals surface area contributed by atoms with Crippen LogP contribution in [0, 0.1) is 0 Å². The number of hydrogen-bond acceptors (Lipinski definition) is 2. The van der Waals surface area contributed by atoms with Gasteiger partial charge in [-0.3, -0.25) is 4.79 Å². The third kappa shape index (κ3) is 3.20. The lowest BCUT2D eigenvalue weighted by Crippen LogP contribution is -2.02. The van der Waals surface area contributed by atoms with Gasteiger partial charge in [0.05, 0.1) is 12.2 Å². The molecule has 0 amide bonds. The molecule has 1 aromatic carbocycles. The van der Waals surface area contributed by atoms with E-state index in [-0.39, 0.29) is 5.78 Å². The summed E-state index contributed by atoms with van der Waals surface area (Å²) in [4.78, 5) is 11.5. The van der Waals surface area contributed by atoms with Crippen LogP contribution >= 0.6 is 15.9 Å². The predicted octanol–water partition coefficient (Wildman–Crippen LogP) is 3.61. The fraction of sp³-hybridized carbons (Fsp3) is 0.250. The highest BCUT2D eigenvalue weighted by molar-refractivity contribution is 9.10. The van der Waals surface area contributed by atoms with Gasteiger partial charge >= 0.3 is 0 Å². The molecule has 0 unspecified atom stereocenters. The molecule has 0 fully saturated rings. The first kappa shape index (κ1) is 12.0. The molecule has 1 rings (SSSR count). The average molecular weight is 269 g/mol. The third-order valence-corrected chi connectivity index (χ3v) is 2.35. The summed E-state index contributed by atoms with van der Waals surface area (Å²) in [5.41, 5.74) is 0.549. The van der Waals surface area contributed by atoms with Gasteiger partial charge in [0.15, 0.2) is 5.78 Å². The second-order valence-electron chi connectivity index (χ2n) is 3.06. The molecule has 80 valence electrons. The van der Waals surface area contributed by atoms with E-state index in [0.717, 1.165) is 10.9 Å². The van der Waals surface area contributed by atoms with Crippen LogP contribution < -0.4 is 4.74 Å². The van der Waals surface area contributed by atoms with Crippen LogP contribution in [0.4, 0.5) is 0 Å². The number of allylic oxidation sites excluding steroid dienone is 1. The van der Waals surface area contributed by atoms with Crippen LogP contribution in [0.1, 0.15) is 23.7 Å². The van der Waals surface area contributed by atoms with Gasteiger partial charge < -0.3 is 4.74 Å². The standard InChI is InChI=1S/C12H13BrO2/c1-3-7-15-12-6-5-9(13)8-10(12)11(14)4-2/h4-6,8H,2-3,7H2,1H3. The van der Waals surface area contributed by atoms with E-state index < -0.39 is 0 Å². The highest BCUT2D eigenvalue weighted by atomic mass is 79.9. The second-order valence-corrected chi connectivity index (χ2v) is 3.97. The number of ketones is 1. The Labute approximate surface area is 98.1 Å². The fourth-order valence-corrected chi connectivity index (χ4v) is 1.50. The zero-order valence-electron chi connectivity index (χ0n) is 8.63. The molecule has 0 saturated carbocycles. The van der Waals surface area contributed by atoms with E-state index >= 15 is 0 Å². The van der Waals surface area contributed by atoms with Crippen LogP contribution in [0.25, 0.3) is 0 Å². The van der Waals surface area contributed by atoms with Gasteiger partial charge in [0.2, 0.25) is 0 Å². The number of carbonyl (C=O) groups is 1. The molecule has 0 spiro atoms. The summed E-state index contributed by atoms with van der Waals surface area (Å²) in [6.07, 6.45) is 2.21. The number of carbonyl (C=O) groups excluding carboxylic acids is 1. The first-order valence-corrected chi connectivity index (χ1v) is 5.57. The fourth-order valence-electron chi connectivity index (χ4n) is 1.14. The lowest BCUT2D eigenvalue weighted by molar-refractivity contribution is 0.104. The Morgan fingerprint density at radius 3 is 2.93 bits per heavy atom. The number of benzene rings is 1. The van der Waals surface area contributed by atoms with E-state index in [1.807, 2.05) is 13.0 Å². The highest BCUT2D eigenvalue weighted by Crippen LogP contribution is 2.24. The number of rotatable bonds is 5. The molecule has 15 heavy (non-hydrogen) atoms. The van der Waals surface area contributed by atoms with E-state index in [1.165, 1.54) is 6.08 Å². The lowest BCUT2D eigenvalue weighted by atomic mass is 10.1. The van der Waals surface area contributed by atoms with Crippen molar-refractivity contribution in [2.24, 2.45) is 0 Å². The summed E-state index contributed by atoms with van der Waals surface area (Å²) in [5.74, 6) is 0.493. The molecule has 0 saturated heterocycles. The van der Waals surface area contributed by atoms with Crippen LogP contribution in [-0.4, -0.2) is 12.4 Å². The molecule has 0 aliphatic rings. The van der Waals surface area contributed by atoms with Crippen molar-refractivity contribution in [1.82, 2.24) is 0 Å². The van der Waals surface area contributed by atoms with Gasteiger partial charge in [-0.05, 0) is 30.7 Å². The molecule has 0 bridgehead atoms. The highest BCUT2D eigenvalue weighted by Gasteiger charge is 2.09. The third-order valence-electron chi connectivity index (χ3n) is 1.85. The zero-order chi connectivity index (χ0) is 11.3.